The van der Waals surface area contributed by atoms with E-state index < -0.39 is 10.0 Å². The van der Waals surface area contributed by atoms with Crippen LogP contribution in [0, 0.1) is 6.92 Å². The molecule has 1 N–H and O–H groups in total. The number of sulfonamides is 1. The summed E-state index contributed by atoms with van der Waals surface area (Å²) in [5.74, 6) is 0.461. The van der Waals surface area contributed by atoms with Crippen LogP contribution in [0.25, 0.3) is 0 Å². The molecule has 28 heavy (non-hydrogen) atoms. The Morgan fingerprint density at radius 3 is 2.39 bits per heavy atom. The number of methoxy groups -OCH3 is 1. The topological polar surface area (TPSA) is 75.7 Å². The number of benzene rings is 2. The number of aryl methyl sites for hydroxylation is 1. The molecule has 2 aromatic rings. The van der Waals surface area contributed by atoms with E-state index in [9.17, 15) is 13.2 Å². The Hall–Kier alpha value is -2.38. The average Bonchev–Trinajstić information content (AvgIpc) is 2.73. The van der Waals surface area contributed by atoms with Crippen molar-refractivity contribution in [1.82, 2.24) is 9.62 Å². The predicted molar refractivity (Wildman–Crippen MR) is 108 cm³/mol. The summed E-state index contributed by atoms with van der Waals surface area (Å²) in [5.41, 5.74) is 2.32. The molecule has 0 atom stereocenters. The van der Waals surface area contributed by atoms with Crippen LogP contribution in [-0.2, 0) is 16.6 Å². The van der Waals surface area contributed by atoms with Crippen LogP contribution < -0.4 is 10.1 Å². The minimum absolute atomic E-state index is 0.205. The van der Waals surface area contributed by atoms with Crippen molar-refractivity contribution in [3.63, 3.8) is 0 Å². The lowest BCUT2D eigenvalue weighted by Crippen LogP contribution is -2.35. The molecule has 3 rings (SSSR count). The zero-order valence-corrected chi connectivity index (χ0v) is 17.1. The maximum Gasteiger partial charge on any atom is 0.251 e. The predicted octanol–water partition coefficient (Wildman–Crippen LogP) is 3.11. The standard InChI is InChI=1S/C21H26N2O4S/c1-16-6-9-18(14-20(16)27-2)21(24)22-15-17-7-10-19(11-8-17)28(25,26)23-12-4-3-5-13-23/h6-11,14H,3-5,12-13,15H2,1-2H3,(H,22,24). The SMILES string of the molecule is COc1cc(C(=O)NCc2ccc(S(=O)(=O)N3CCCCC3)cc2)ccc1C. The van der Waals surface area contributed by atoms with Crippen molar-refractivity contribution < 1.29 is 17.9 Å². The van der Waals surface area contributed by atoms with Crippen LogP contribution in [0.1, 0.15) is 40.7 Å². The van der Waals surface area contributed by atoms with Crippen LogP contribution in [0.15, 0.2) is 47.4 Å². The molecule has 6 nitrogen and oxygen atoms in total. The Morgan fingerprint density at radius 2 is 1.75 bits per heavy atom. The van der Waals surface area contributed by atoms with Gasteiger partial charge in [0.1, 0.15) is 5.75 Å². The van der Waals surface area contributed by atoms with E-state index in [0.29, 0.717) is 35.8 Å². The maximum atomic E-state index is 12.7. The van der Waals surface area contributed by atoms with Gasteiger partial charge in [-0.2, -0.15) is 4.31 Å². The molecule has 0 radical (unpaired) electrons. The van der Waals surface area contributed by atoms with Gasteiger partial charge in [0.25, 0.3) is 5.91 Å². The number of carbonyl (C=O) groups is 1. The Labute approximate surface area is 166 Å². The second-order valence-electron chi connectivity index (χ2n) is 6.98. The first-order valence-corrected chi connectivity index (χ1v) is 10.9. The van der Waals surface area contributed by atoms with Gasteiger partial charge in [0, 0.05) is 25.2 Å². The van der Waals surface area contributed by atoms with Crippen molar-refractivity contribution in [2.24, 2.45) is 0 Å². The summed E-state index contributed by atoms with van der Waals surface area (Å²) in [6, 6.07) is 12.0. The van der Waals surface area contributed by atoms with Gasteiger partial charge < -0.3 is 10.1 Å². The van der Waals surface area contributed by atoms with E-state index in [1.54, 1.807) is 47.8 Å². The van der Waals surface area contributed by atoms with Crippen LogP contribution in [0.4, 0.5) is 0 Å². The van der Waals surface area contributed by atoms with E-state index in [4.69, 9.17) is 4.74 Å². The normalized spacial score (nSPS) is 15.2. The molecule has 0 bridgehead atoms. The summed E-state index contributed by atoms with van der Waals surface area (Å²) in [4.78, 5) is 12.7. The van der Waals surface area contributed by atoms with Crippen LogP contribution in [0.3, 0.4) is 0 Å². The zero-order valence-electron chi connectivity index (χ0n) is 16.3. The highest BCUT2D eigenvalue weighted by molar-refractivity contribution is 7.89. The van der Waals surface area contributed by atoms with Crippen LogP contribution in [0.2, 0.25) is 0 Å². The van der Waals surface area contributed by atoms with Gasteiger partial charge in [0.15, 0.2) is 0 Å². The molecule has 1 saturated heterocycles. The van der Waals surface area contributed by atoms with E-state index in [2.05, 4.69) is 5.32 Å². The molecule has 1 aliphatic rings. The fraction of sp³-hybridized carbons (Fsp3) is 0.381. The number of amides is 1. The Balaban J connectivity index is 1.63. The first kappa shape index (κ1) is 20.4. The van der Waals surface area contributed by atoms with Crippen LogP contribution in [0.5, 0.6) is 5.75 Å². The third kappa shape index (κ3) is 4.54. The van der Waals surface area contributed by atoms with Gasteiger partial charge in [0.2, 0.25) is 10.0 Å². The smallest absolute Gasteiger partial charge is 0.251 e. The summed E-state index contributed by atoms with van der Waals surface area (Å²) >= 11 is 0. The number of hydrogen-bond acceptors (Lipinski definition) is 4. The zero-order chi connectivity index (χ0) is 20.1. The number of piperidine rings is 1. The van der Waals surface area contributed by atoms with Crippen LogP contribution >= 0.6 is 0 Å². The lowest BCUT2D eigenvalue weighted by molar-refractivity contribution is 0.0950. The minimum atomic E-state index is -3.43. The largest absolute Gasteiger partial charge is 0.496 e. The van der Waals surface area contributed by atoms with Crippen molar-refractivity contribution in [2.75, 3.05) is 20.2 Å². The van der Waals surface area contributed by atoms with E-state index >= 15 is 0 Å². The number of nitrogens with one attached hydrogen (secondary N) is 1. The third-order valence-corrected chi connectivity index (χ3v) is 6.91. The fourth-order valence-corrected chi connectivity index (χ4v) is 4.80. The Kier molecular flexibility index (Phi) is 6.36. The van der Waals surface area contributed by atoms with Crippen LogP contribution in [-0.4, -0.2) is 38.8 Å². The summed E-state index contributed by atoms with van der Waals surface area (Å²) in [5, 5.41) is 2.85. The Morgan fingerprint density at radius 1 is 1.07 bits per heavy atom. The highest BCUT2D eigenvalue weighted by atomic mass is 32.2. The molecule has 1 aliphatic heterocycles. The molecule has 0 saturated carbocycles. The molecule has 150 valence electrons. The van der Waals surface area contributed by atoms with Gasteiger partial charge >= 0.3 is 0 Å². The summed E-state index contributed by atoms with van der Waals surface area (Å²) in [6.07, 6.45) is 2.90. The molecule has 0 aromatic heterocycles. The summed E-state index contributed by atoms with van der Waals surface area (Å²) in [7, 11) is -1.86. The number of ether oxygens (including phenoxy) is 1. The molecule has 0 spiro atoms. The number of hydrogen-bond donors (Lipinski definition) is 1. The van der Waals surface area contributed by atoms with Crippen molar-refractivity contribution >= 4 is 15.9 Å². The first-order chi connectivity index (χ1) is 13.4. The van der Waals surface area contributed by atoms with Gasteiger partial charge in [0.05, 0.1) is 12.0 Å². The molecule has 1 fully saturated rings. The van der Waals surface area contributed by atoms with Gasteiger partial charge in [-0.25, -0.2) is 8.42 Å². The highest BCUT2D eigenvalue weighted by Crippen LogP contribution is 2.21. The molecule has 1 heterocycles. The van der Waals surface area contributed by atoms with Crippen molar-refractivity contribution in [1.29, 1.82) is 0 Å². The molecule has 1 amide bonds. The van der Waals surface area contributed by atoms with Gasteiger partial charge in [-0.1, -0.05) is 24.6 Å². The van der Waals surface area contributed by atoms with E-state index in [1.165, 1.54) is 0 Å². The first-order valence-electron chi connectivity index (χ1n) is 9.44. The monoisotopic (exact) mass is 402 g/mol. The summed E-state index contributed by atoms with van der Waals surface area (Å²) < 4.78 is 32.2. The maximum absolute atomic E-state index is 12.7. The third-order valence-electron chi connectivity index (χ3n) is 5.00. The molecule has 2 aromatic carbocycles. The van der Waals surface area contributed by atoms with Crippen molar-refractivity contribution in [2.45, 2.75) is 37.6 Å². The second kappa shape index (κ2) is 8.75. The molecule has 0 unspecified atom stereocenters. The highest BCUT2D eigenvalue weighted by Gasteiger charge is 2.25. The van der Waals surface area contributed by atoms with Crippen molar-refractivity contribution in [3.8, 4) is 5.75 Å². The fourth-order valence-electron chi connectivity index (χ4n) is 3.28. The van der Waals surface area contributed by atoms with E-state index in [-0.39, 0.29) is 5.91 Å². The van der Waals surface area contributed by atoms with E-state index in [0.717, 1.165) is 30.4 Å². The van der Waals surface area contributed by atoms with E-state index in [1.807, 2.05) is 13.0 Å². The Bertz CT molecular complexity index is 933. The second-order valence-corrected chi connectivity index (χ2v) is 8.91. The quantitative estimate of drug-likeness (QED) is 0.806. The molecule has 0 aliphatic carbocycles. The van der Waals surface area contributed by atoms with Gasteiger partial charge in [-0.3, -0.25) is 4.79 Å². The lowest BCUT2D eigenvalue weighted by atomic mass is 10.1. The molecular formula is C21H26N2O4S. The number of nitrogens with zero attached hydrogens (tertiary/aromatic N) is 1. The van der Waals surface area contributed by atoms with Gasteiger partial charge in [-0.05, 0) is 55.2 Å². The summed E-state index contributed by atoms with van der Waals surface area (Å²) in [6.45, 7) is 3.40. The van der Waals surface area contributed by atoms with Crippen molar-refractivity contribution in [3.05, 3.63) is 59.2 Å². The number of carbonyl (C=O) groups excluding carboxylic acids is 1. The number of rotatable bonds is 6. The average molecular weight is 403 g/mol. The lowest BCUT2D eigenvalue weighted by Gasteiger charge is -2.25. The van der Waals surface area contributed by atoms with Gasteiger partial charge in [-0.15, -0.1) is 0 Å². The minimum Gasteiger partial charge on any atom is -0.496 e. The molecule has 7 heteroatoms. The molecular weight excluding hydrogens is 376 g/mol.